The number of piperidine rings is 2. The number of nitrogens with zero attached hydrogens (tertiary/aromatic N) is 4. The fraction of sp³-hybridized carbons (Fsp3) is 0.350. The van der Waals surface area contributed by atoms with Crippen LogP contribution in [0.1, 0.15) is 28.8 Å². The number of rotatable bonds is 3. The molecule has 2 atom stereocenters. The van der Waals surface area contributed by atoms with E-state index < -0.39 is 17.6 Å². The lowest BCUT2D eigenvalue weighted by atomic mass is 9.93. The van der Waals surface area contributed by atoms with Crippen LogP contribution in [0.15, 0.2) is 42.7 Å². The summed E-state index contributed by atoms with van der Waals surface area (Å²) >= 11 is 0. The summed E-state index contributed by atoms with van der Waals surface area (Å²) < 4.78 is 41.2. The molecule has 7 nitrogen and oxygen atoms in total. The topological polar surface area (TPSA) is 74.6 Å². The van der Waals surface area contributed by atoms with Crippen molar-refractivity contribution in [2.24, 2.45) is 0 Å². The van der Waals surface area contributed by atoms with Gasteiger partial charge < -0.3 is 15.5 Å². The van der Waals surface area contributed by atoms with E-state index >= 15 is 0 Å². The third-order valence-corrected chi connectivity index (χ3v) is 5.72. The van der Waals surface area contributed by atoms with Gasteiger partial charge in [0.15, 0.2) is 5.65 Å². The normalized spacial score (nSPS) is 21.2. The number of fused-ring (bicyclic) bond motifs is 4. The largest absolute Gasteiger partial charge is 0.418 e. The van der Waals surface area contributed by atoms with Gasteiger partial charge in [0.25, 0.3) is 5.91 Å². The van der Waals surface area contributed by atoms with Crippen molar-refractivity contribution in [3.8, 4) is 0 Å². The lowest BCUT2D eigenvalue weighted by molar-refractivity contribution is -0.136. The molecular formula is C20H19F3N6O. The van der Waals surface area contributed by atoms with Gasteiger partial charge in [0.05, 0.1) is 17.4 Å². The summed E-state index contributed by atoms with van der Waals surface area (Å²) in [5.41, 5.74) is -0.775. The number of benzene rings is 1. The Labute approximate surface area is 169 Å². The number of alkyl halides is 3. The lowest BCUT2D eigenvalue weighted by Gasteiger charge is -2.46. The van der Waals surface area contributed by atoms with Gasteiger partial charge in [-0.25, -0.2) is 9.50 Å². The first-order chi connectivity index (χ1) is 14.4. The second-order valence-corrected chi connectivity index (χ2v) is 7.60. The van der Waals surface area contributed by atoms with Gasteiger partial charge in [-0.05, 0) is 31.0 Å². The number of carbonyl (C=O) groups excluding carboxylic acids is 1. The van der Waals surface area contributed by atoms with Crippen LogP contribution in [-0.4, -0.2) is 45.7 Å². The summed E-state index contributed by atoms with van der Waals surface area (Å²) in [6, 6.07) is 7.48. The Balaban J connectivity index is 1.46. The number of anilines is 2. The lowest BCUT2D eigenvalue weighted by Crippen LogP contribution is -2.61. The van der Waals surface area contributed by atoms with Crippen molar-refractivity contribution < 1.29 is 18.0 Å². The molecule has 3 saturated heterocycles. The van der Waals surface area contributed by atoms with E-state index in [0.717, 1.165) is 37.8 Å². The maximum atomic E-state index is 13.2. The highest BCUT2D eigenvalue weighted by molar-refractivity contribution is 6.08. The highest BCUT2D eigenvalue weighted by Gasteiger charge is 2.35. The smallest absolute Gasteiger partial charge is 0.351 e. The quantitative estimate of drug-likeness (QED) is 0.687. The maximum absolute atomic E-state index is 13.2. The fourth-order valence-electron chi connectivity index (χ4n) is 4.20. The second-order valence-electron chi connectivity index (χ2n) is 7.60. The summed E-state index contributed by atoms with van der Waals surface area (Å²) in [6.45, 7) is 1.72. The minimum atomic E-state index is -4.57. The first-order valence-electron chi connectivity index (χ1n) is 9.72. The Morgan fingerprint density at radius 1 is 1.20 bits per heavy atom. The van der Waals surface area contributed by atoms with Crippen LogP contribution in [0, 0.1) is 0 Å². The molecule has 3 fully saturated rings. The number of aromatic nitrogens is 3. The average molecular weight is 416 g/mol. The third-order valence-electron chi connectivity index (χ3n) is 5.72. The van der Waals surface area contributed by atoms with Crippen molar-refractivity contribution >= 4 is 23.1 Å². The van der Waals surface area contributed by atoms with Crippen molar-refractivity contribution in [3.63, 3.8) is 0 Å². The Morgan fingerprint density at radius 3 is 2.73 bits per heavy atom. The molecule has 1 aromatic carbocycles. The zero-order valence-corrected chi connectivity index (χ0v) is 15.9. The first kappa shape index (κ1) is 18.9. The van der Waals surface area contributed by atoms with Crippen LogP contribution in [0.25, 0.3) is 5.65 Å². The SMILES string of the molecule is O=C(Nc1ccccc1C(F)(F)F)c1cnn2ccc(N3CC4CCC3CN4)nc12. The van der Waals surface area contributed by atoms with Crippen LogP contribution in [0.3, 0.4) is 0 Å². The van der Waals surface area contributed by atoms with Crippen LogP contribution in [-0.2, 0) is 6.18 Å². The van der Waals surface area contributed by atoms with Crippen molar-refractivity contribution in [3.05, 3.63) is 53.9 Å². The zero-order valence-electron chi connectivity index (χ0n) is 15.9. The van der Waals surface area contributed by atoms with Gasteiger partial charge in [-0.15, -0.1) is 0 Å². The highest BCUT2D eigenvalue weighted by Crippen LogP contribution is 2.35. The molecule has 1 amide bonds. The number of hydrogen-bond donors (Lipinski definition) is 2. The number of hydrogen-bond acceptors (Lipinski definition) is 5. The zero-order chi connectivity index (χ0) is 20.9. The summed E-state index contributed by atoms with van der Waals surface area (Å²) in [5.74, 6) is 0.0529. The van der Waals surface area contributed by atoms with Gasteiger partial charge in [-0.3, -0.25) is 4.79 Å². The number of para-hydroxylation sites is 1. The van der Waals surface area contributed by atoms with Gasteiger partial charge in [0, 0.05) is 31.4 Å². The predicted molar refractivity (Wildman–Crippen MR) is 105 cm³/mol. The van der Waals surface area contributed by atoms with Crippen LogP contribution in [0.2, 0.25) is 0 Å². The predicted octanol–water partition coefficient (Wildman–Crippen LogP) is 2.94. The molecule has 2 N–H and O–H groups in total. The van der Waals surface area contributed by atoms with Crippen molar-refractivity contribution in [1.82, 2.24) is 19.9 Å². The molecule has 0 aliphatic carbocycles. The van der Waals surface area contributed by atoms with Crippen LogP contribution < -0.4 is 15.5 Å². The van der Waals surface area contributed by atoms with E-state index in [2.05, 4.69) is 25.6 Å². The molecule has 156 valence electrons. The Bertz CT molecular complexity index is 1100. The van der Waals surface area contributed by atoms with Gasteiger partial charge >= 0.3 is 6.18 Å². The van der Waals surface area contributed by atoms with Crippen LogP contribution in [0.5, 0.6) is 0 Å². The van der Waals surface area contributed by atoms with Crippen molar-refractivity contribution in [2.75, 3.05) is 23.3 Å². The van der Waals surface area contributed by atoms with Gasteiger partial charge in [-0.2, -0.15) is 18.3 Å². The summed E-state index contributed by atoms with van der Waals surface area (Å²) in [5, 5.41) is 9.97. The average Bonchev–Trinajstić information content (AvgIpc) is 3.17. The monoisotopic (exact) mass is 416 g/mol. The van der Waals surface area contributed by atoms with Crippen LogP contribution in [0.4, 0.5) is 24.7 Å². The Morgan fingerprint density at radius 2 is 2.03 bits per heavy atom. The molecular weight excluding hydrogens is 397 g/mol. The van der Waals surface area contributed by atoms with Crippen LogP contribution >= 0.6 is 0 Å². The molecule has 0 saturated carbocycles. The van der Waals surface area contributed by atoms with Gasteiger partial charge in [0.2, 0.25) is 0 Å². The molecule has 6 rings (SSSR count). The molecule has 3 aromatic rings. The standard InChI is InChI=1S/C20H19F3N6O/c21-20(22,23)15-3-1-2-4-16(15)26-19(30)14-10-25-29-8-7-17(27-18(14)29)28-11-12-5-6-13(28)9-24-12/h1-4,7-8,10,12-13,24H,5-6,9,11H2,(H,26,30). The summed E-state index contributed by atoms with van der Waals surface area (Å²) in [6.07, 6.45) is 0.668. The number of piperazine rings is 1. The number of carbonyl (C=O) groups is 1. The molecule has 3 aliphatic rings. The molecule has 0 spiro atoms. The molecule has 2 unspecified atom stereocenters. The second kappa shape index (κ2) is 6.98. The Kier molecular flexibility index (Phi) is 4.39. The third kappa shape index (κ3) is 3.26. The molecule has 0 radical (unpaired) electrons. The maximum Gasteiger partial charge on any atom is 0.418 e. The van der Waals surface area contributed by atoms with E-state index in [-0.39, 0.29) is 11.3 Å². The number of nitrogens with one attached hydrogen (secondary N) is 2. The first-order valence-corrected chi connectivity index (χ1v) is 9.72. The van der Waals surface area contributed by atoms with Gasteiger partial charge in [-0.1, -0.05) is 12.1 Å². The van der Waals surface area contributed by atoms with E-state index in [1.165, 1.54) is 28.9 Å². The Hall–Kier alpha value is -3.14. The van der Waals surface area contributed by atoms with Crippen molar-refractivity contribution in [2.45, 2.75) is 31.1 Å². The minimum absolute atomic E-state index is 0.120. The molecule has 30 heavy (non-hydrogen) atoms. The molecule has 5 heterocycles. The molecule has 10 heteroatoms. The number of halogens is 3. The van der Waals surface area contributed by atoms with Crippen molar-refractivity contribution in [1.29, 1.82) is 0 Å². The molecule has 3 aliphatic heterocycles. The van der Waals surface area contributed by atoms with E-state index in [4.69, 9.17) is 0 Å². The fourth-order valence-corrected chi connectivity index (χ4v) is 4.20. The van der Waals surface area contributed by atoms with E-state index in [1.807, 2.05) is 6.07 Å². The highest BCUT2D eigenvalue weighted by atomic mass is 19.4. The summed E-state index contributed by atoms with van der Waals surface area (Å²) in [4.78, 5) is 19.6. The minimum Gasteiger partial charge on any atom is -0.351 e. The van der Waals surface area contributed by atoms with Gasteiger partial charge in [0.1, 0.15) is 11.4 Å². The van der Waals surface area contributed by atoms with E-state index in [0.29, 0.717) is 17.7 Å². The van der Waals surface area contributed by atoms with E-state index in [9.17, 15) is 18.0 Å². The number of amides is 1. The van der Waals surface area contributed by atoms with E-state index in [1.54, 1.807) is 6.20 Å². The molecule has 2 bridgehead atoms. The summed E-state index contributed by atoms with van der Waals surface area (Å²) in [7, 11) is 0. The molecule has 2 aromatic heterocycles.